The summed E-state index contributed by atoms with van der Waals surface area (Å²) in [5.41, 5.74) is 2.07. The first kappa shape index (κ1) is 16.0. The minimum absolute atomic E-state index is 0.340. The summed E-state index contributed by atoms with van der Waals surface area (Å²) in [6.45, 7) is 5.06. The van der Waals surface area contributed by atoms with Crippen LogP contribution in [0.3, 0.4) is 0 Å². The van der Waals surface area contributed by atoms with E-state index in [4.69, 9.17) is 4.74 Å². The first-order valence-electron chi connectivity index (χ1n) is 7.03. The van der Waals surface area contributed by atoms with Crippen molar-refractivity contribution in [2.75, 3.05) is 13.2 Å². The number of fused-ring (bicyclic) bond motifs is 1. The zero-order valence-corrected chi connectivity index (χ0v) is 13.8. The highest BCUT2D eigenvalue weighted by Crippen LogP contribution is 2.28. The molecule has 1 atom stereocenters. The minimum atomic E-state index is -0.802. The topological polar surface area (TPSA) is 58.6 Å². The number of nitrogens with one attached hydrogen (secondary N) is 1. The Balaban J connectivity index is 2.02. The molecule has 4 nitrogen and oxygen atoms in total. The maximum absolute atomic E-state index is 11.2. The number of rotatable bonds is 6. The fourth-order valence-electron chi connectivity index (χ4n) is 2.29. The van der Waals surface area contributed by atoms with Crippen molar-refractivity contribution in [1.82, 2.24) is 5.32 Å². The van der Waals surface area contributed by atoms with Gasteiger partial charge in [0.1, 0.15) is 18.4 Å². The van der Waals surface area contributed by atoms with Crippen molar-refractivity contribution in [3.05, 3.63) is 33.8 Å². The lowest BCUT2D eigenvalue weighted by molar-refractivity contribution is -0.139. The zero-order valence-electron chi connectivity index (χ0n) is 12.2. The number of hydrogen-bond acceptors (Lipinski definition) is 3. The van der Waals surface area contributed by atoms with Gasteiger partial charge in [-0.3, -0.25) is 4.79 Å². The summed E-state index contributed by atoms with van der Waals surface area (Å²) in [6.07, 6.45) is 2.68. The molecule has 1 aromatic rings. The summed E-state index contributed by atoms with van der Waals surface area (Å²) in [4.78, 5) is 11.2. The largest absolute Gasteiger partial charge is 0.489 e. The van der Waals surface area contributed by atoms with E-state index in [2.05, 4.69) is 27.3 Å². The van der Waals surface area contributed by atoms with Crippen molar-refractivity contribution >= 4 is 28.0 Å². The number of carboxylic acids is 1. The molecular weight excluding hydrogens is 334 g/mol. The van der Waals surface area contributed by atoms with Gasteiger partial charge in [-0.05, 0) is 42.2 Å². The van der Waals surface area contributed by atoms with Gasteiger partial charge in [-0.2, -0.15) is 0 Å². The quantitative estimate of drug-likeness (QED) is 0.823. The van der Waals surface area contributed by atoms with E-state index in [1.54, 1.807) is 0 Å². The number of halogens is 1. The number of ether oxygens (including phenoxy) is 1. The Morgan fingerprint density at radius 1 is 1.48 bits per heavy atom. The van der Waals surface area contributed by atoms with Crippen molar-refractivity contribution in [2.24, 2.45) is 5.92 Å². The summed E-state index contributed by atoms with van der Waals surface area (Å²) < 4.78 is 6.69. The molecule has 21 heavy (non-hydrogen) atoms. The summed E-state index contributed by atoms with van der Waals surface area (Å²) >= 11 is 3.44. The van der Waals surface area contributed by atoms with Gasteiger partial charge in [0.05, 0.1) is 0 Å². The lowest BCUT2D eigenvalue weighted by Gasteiger charge is -2.21. The predicted molar refractivity (Wildman–Crippen MR) is 86.5 cm³/mol. The van der Waals surface area contributed by atoms with Crippen LogP contribution in [0.4, 0.5) is 0 Å². The molecule has 1 aliphatic rings. The van der Waals surface area contributed by atoms with Crippen LogP contribution in [-0.2, 0) is 4.79 Å². The molecule has 1 aliphatic heterocycles. The van der Waals surface area contributed by atoms with E-state index in [0.29, 0.717) is 25.5 Å². The third-order valence-electron chi connectivity index (χ3n) is 3.33. The number of carboxylic acid groups (broad SMARTS) is 1. The maximum Gasteiger partial charge on any atom is 0.320 e. The van der Waals surface area contributed by atoms with Gasteiger partial charge in [0.25, 0.3) is 0 Å². The van der Waals surface area contributed by atoms with Crippen LogP contribution in [0.25, 0.3) is 6.08 Å². The molecule has 1 unspecified atom stereocenters. The average Bonchev–Trinajstić information content (AvgIpc) is 2.42. The SMILES string of the molecule is CC(C)CC(NCC1=Cc2cc(Br)ccc2OC1)C(=O)O. The third kappa shape index (κ3) is 4.58. The van der Waals surface area contributed by atoms with E-state index in [9.17, 15) is 9.90 Å². The summed E-state index contributed by atoms with van der Waals surface area (Å²) in [5.74, 6) is 0.398. The van der Waals surface area contributed by atoms with Crippen LogP contribution in [-0.4, -0.2) is 30.3 Å². The van der Waals surface area contributed by atoms with Crippen LogP contribution in [0, 0.1) is 5.92 Å². The predicted octanol–water partition coefficient (Wildman–Crippen LogP) is 3.31. The molecule has 2 N–H and O–H groups in total. The molecule has 0 amide bonds. The van der Waals surface area contributed by atoms with Crippen molar-refractivity contribution in [2.45, 2.75) is 26.3 Å². The number of carbonyl (C=O) groups is 1. The summed E-state index contributed by atoms with van der Waals surface area (Å²) in [6, 6.07) is 5.35. The van der Waals surface area contributed by atoms with Gasteiger partial charge < -0.3 is 15.2 Å². The molecule has 114 valence electrons. The summed E-state index contributed by atoms with van der Waals surface area (Å²) in [7, 11) is 0. The van der Waals surface area contributed by atoms with Crippen LogP contribution in [0.15, 0.2) is 28.2 Å². The number of aliphatic carboxylic acids is 1. The molecule has 1 aromatic carbocycles. The Morgan fingerprint density at radius 2 is 2.24 bits per heavy atom. The lowest BCUT2D eigenvalue weighted by atomic mass is 10.0. The highest BCUT2D eigenvalue weighted by molar-refractivity contribution is 9.10. The van der Waals surface area contributed by atoms with Crippen LogP contribution in [0.2, 0.25) is 0 Å². The van der Waals surface area contributed by atoms with Crippen molar-refractivity contribution in [3.63, 3.8) is 0 Å². The van der Waals surface area contributed by atoms with Crippen molar-refractivity contribution in [1.29, 1.82) is 0 Å². The van der Waals surface area contributed by atoms with Gasteiger partial charge in [0.15, 0.2) is 0 Å². The van der Waals surface area contributed by atoms with Gasteiger partial charge in [-0.25, -0.2) is 0 Å². The summed E-state index contributed by atoms with van der Waals surface area (Å²) in [5, 5.41) is 12.3. The molecule has 1 heterocycles. The maximum atomic E-state index is 11.2. The standard InChI is InChI=1S/C16H20BrNO3/c1-10(2)5-14(16(19)20)18-8-11-6-12-7-13(17)3-4-15(12)21-9-11/h3-4,6-7,10,14,18H,5,8-9H2,1-2H3,(H,19,20). The van der Waals surface area contributed by atoms with Crippen LogP contribution in [0.5, 0.6) is 5.75 Å². The molecule has 0 fully saturated rings. The third-order valence-corrected chi connectivity index (χ3v) is 3.82. The number of hydrogen-bond donors (Lipinski definition) is 2. The van der Waals surface area contributed by atoms with E-state index in [1.165, 1.54) is 0 Å². The van der Waals surface area contributed by atoms with Gasteiger partial charge in [-0.1, -0.05) is 29.8 Å². The molecule has 2 rings (SSSR count). The lowest BCUT2D eigenvalue weighted by Crippen LogP contribution is -2.39. The van der Waals surface area contributed by atoms with E-state index in [1.807, 2.05) is 32.0 Å². The Morgan fingerprint density at radius 3 is 2.90 bits per heavy atom. The van der Waals surface area contributed by atoms with Crippen LogP contribution >= 0.6 is 15.9 Å². The molecule has 0 aromatic heterocycles. The van der Waals surface area contributed by atoms with E-state index in [-0.39, 0.29) is 0 Å². The van der Waals surface area contributed by atoms with Crippen LogP contribution < -0.4 is 10.1 Å². The minimum Gasteiger partial charge on any atom is -0.489 e. The first-order chi connectivity index (χ1) is 9.95. The Hall–Kier alpha value is -1.33. The van der Waals surface area contributed by atoms with Gasteiger partial charge in [0, 0.05) is 16.6 Å². The average molecular weight is 354 g/mol. The van der Waals surface area contributed by atoms with E-state index < -0.39 is 12.0 Å². The Bertz CT molecular complexity index is 554. The molecule has 5 heteroatoms. The molecule has 0 radical (unpaired) electrons. The van der Waals surface area contributed by atoms with E-state index in [0.717, 1.165) is 21.4 Å². The molecular formula is C16H20BrNO3. The van der Waals surface area contributed by atoms with E-state index >= 15 is 0 Å². The van der Waals surface area contributed by atoms with Crippen molar-refractivity contribution in [3.8, 4) is 5.75 Å². The number of benzene rings is 1. The second kappa shape index (κ2) is 7.09. The molecule has 0 saturated heterocycles. The van der Waals surface area contributed by atoms with Crippen molar-refractivity contribution < 1.29 is 14.6 Å². The fraction of sp³-hybridized carbons (Fsp3) is 0.438. The molecule has 0 spiro atoms. The zero-order chi connectivity index (χ0) is 15.4. The normalized spacial score (nSPS) is 15.1. The monoisotopic (exact) mass is 353 g/mol. The smallest absolute Gasteiger partial charge is 0.320 e. The Labute approximate surface area is 133 Å². The van der Waals surface area contributed by atoms with Gasteiger partial charge in [0.2, 0.25) is 0 Å². The Kier molecular flexibility index (Phi) is 5.42. The second-order valence-electron chi connectivity index (χ2n) is 5.67. The molecule has 0 aliphatic carbocycles. The highest BCUT2D eigenvalue weighted by atomic mass is 79.9. The molecule has 0 bridgehead atoms. The molecule has 0 saturated carbocycles. The van der Waals surface area contributed by atoms with Gasteiger partial charge in [-0.15, -0.1) is 0 Å². The van der Waals surface area contributed by atoms with Crippen LogP contribution in [0.1, 0.15) is 25.8 Å². The highest BCUT2D eigenvalue weighted by Gasteiger charge is 2.19. The first-order valence-corrected chi connectivity index (χ1v) is 7.83. The second-order valence-corrected chi connectivity index (χ2v) is 6.59. The van der Waals surface area contributed by atoms with Gasteiger partial charge >= 0.3 is 5.97 Å². The fourth-order valence-corrected chi connectivity index (χ4v) is 2.67.